The second-order valence-corrected chi connectivity index (χ2v) is 8.50. The van der Waals surface area contributed by atoms with Gasteiger partial charge in [0.05, 0.1) is 0 Å². The van der Waals surface area contributed by atoms with Crippen molar-refractivity contribution in [3.63, 3.8) is 0 Å². The lowest BCUT2D eigenvalue weighted by atomic mass is 9.81. The van der Waals surface area contributed by atoms with Crippen LogP contribution in [0.4, 0.5) is 0 Å². The quantitative estimate of drug-likeness (QED) is 0.344. The molecular formula is C27H22O. The van der Waals surface area contributed by atoms with E-state index in [9.17, 15) is 0 Å². The molecule has 1 heteroatoms. The van der Waals surface area contributed by atoms with Crippen LogP contribution in [-0.2, 0) is 11.8 Å². The summed E-state index contributed by atoms with van der Waals surface area (Å²) in [6.07, 6.45) is 6.50. The molecule has 0 bridgehead atoms. The number of hydrogen-bond acceptors (Lipinski definition) is 1. The molecule has 3 aromatic carbocycles. The number of fused-ring (bicyclic) bond motifs is 6. The molecule has 0 unspecified atom stereocenters. The molecule has 0 aliphatic heterocycles. The Morgan fingerprint density at radius 3 is 2.57 bits per heavy atom. The molecule has 0 amide bonds. The highest BCUT2D eigenvalue weighted by atomic mass is 16.3. The molecule has 0 saturated carbocycles. The SMILES string of the molecule is CC1(C)c2ccccc2-c2ccc(-c3cccc4c5c(oc34)C=CCC5)cc21. The molecule has 0 N–H and O–H groups in total. The zero-order valence-electron chi connectivity index (χ0n) is 16.3. The molecule has 0 fully saturated rings. The van der Waals surface area contributed by atoms with E-state index in [0.29, 0.717) is 0 Å². The Balaban J connectivity index is 1.58. The van der Waals surface area contributed by atoms with E-state index in [0.717, 1.165) is 24.2 Å². The zero-order valence-corrected chi connectivity index (χ0v) is 16.3. The van der Waals surface area contributed by atoms with Gasteiger partial charge in [-0.05, 0) is 52.8 Å². The van der Waals surface area contributed by atoms with Crippen LogP contribution in [0.5, 0.6) is 0 Å². The second-order valence-electron chi connectivity index (χ2n) is 8.50. The average molecular weight is 362 g/mol. The van der Waals surface area contributed by atoms with Crippen molar-refractivity contribution in [1.82, 2.24) is 0 Å². The lowest BCUT2D eigenvalue weighted by Gasteiger charge is -2.22. The third-order valence-electron chi connectivity index (χ3n) is 6.57. The van der Waals surface area contributed by atoms with Crippen LogP contribution >= 0.6 is 0 Å². The van der Waals surface area contributed by atoms with E-state index in [1.54, 1.807) is 0 Å². The van der Waals surface area contributed by atoms with Crippen molar-refractivity contribution >= 4 is 17.0 Å². The summed E-state index contributed by atoms with van der Waals surface area (Å²) in [6, 6.07) is 22.3. The van der Waals surface area contributed by atoms with Crippen molar-refractivity contribution in [2.24, 2.45) is 0 Å². The summed E-state index contributed by atoms with van der Waals surface area (Å²) in [5, 5.41) is 1.26. The fourth-order valence-electron chi connectivity index (χ4n) is 5.10. The molecule has 2 aliphatic rings. The Kier molecular flexibility index (Phi) is 3.12. The van der Waals surface area contributed by atoms with E-state index in [1.165, 1.54) is 44.3 Å². The van der Waals surface area contributed by atoms with Crippen molar-refractivity contribution in [1.29, 1.82) is 0 Å². The summed E-state index contributed by atoms with van der Waals surface area (Å²) < 4.78 is 6.32. The number of allylic oxidation sites excluding steroid dienone is 1. The number of para-hydroxylation sites is 1. The van der Waals surface area contributed by atoms with Crippen LogP contribution in [0.3, 0.4) is 0 Å². The molecule has 1 nitrogen and oxygen atoms in total. The Labute approximate surface area is 165 Å². The van der Waals surface area contributed by atoms with Gasteiger partial charge in [0.2, 0.25) is 0 Å². The van der Waals surface area contributed by atoms with E-state index in [4.69, 9.17) is 4.42 Å². The molecule has 28 heavy (non-hydrogen) atoms. The number of rotatable bonds is 1. The van der Waals surface area contributed by atoms with Crippen molar-refractivity contribution in [3.8, 4) is 22.3 Å². The van der Waals surface area contributed by atoms with E-state index in [-0.39, 0.29) is 5.41 Å². The van der Waals surface area contributed by atoms with E-state index in [1.807, 2.05) is 0 Å². The molecule has 136 valence electrons. The first kappa shape index (κ1) is 15.9. The van der Waals surface area contributed by atoms with Gasteiger partial charge in [0.25, 0.3) is 0 Å². The van der Waals surface area contributed by atoms with E-state index < -0.39 is 0 Å². The minimum atomic E-state index is 0.0149. The average Bonchev–Trinajstić information content (AvgIpc) is 3.22. The highest BCUT2D eigenvalue weighted by molar-refractivity contribution is 5.97. The fourth-order valence-corrected chi connectivity index (χ4v) is 5.10. The van der Waals surface area contributed by atoms with Gasteiger partial charge >= 0.3 is 0 Å². The maximum atomic E-state index is 6.32. The maximum Gasteiger partial charge on any atom is 0.142 e. The summed E-state index contributed by atoms with van der Waals surface area (Å²) in [4.78, 5) is 0. The summed E-state index contributed by atoms with van der Waals surface area (Å²) in [6.45, 7) is 4.66. The molecular weight excluding hydrogens is 340 g/mol. The van der Waals surface area contributed by atoms with Crippen LogP contribution in [-0.4, -0.2) is 0 Å². The topological polar surface area (TPSA) is 13.1 Å². The molecule has 1 aromatic heterocycles. The molecule has 0 atom stereocenters. The summed E-state index contributed by atoms with van der Waals surface area (Å²) in [5.41, 5.74) is 10.4. The van der Waals surface area contributed by atoms with E-state index in [2.05, 4.69) is 86.7 Å². The van der Waals surface area contributed by atoms with Gasteiger partial charge in [0, 0.05) is 21.9 Å². The van der Waals surface area contributed by atoms with Gasteiger partial charge in [-0.3, -0.25) is 0 Å². The number of furan rings is 1. The van der Waals surface area contributed by atoms with Gasteiger partial charge in [-0.1, -0.05) is 74.5 Å². The molecule has 2 aliphatic carbocycles. The largest absolute Gasteiger partial charge is 0.456 e. The van der Waals surface area contributed by atoms with E-state index >= 15 is 0 Å². The number of benzene rings is 3. The van der Waals surface area contributed by atoms with Crippen molar-refractivity contribution < 1.29 is 4.42 Å². The summed E-state index contributed by atoms with van der Waals surface area (Å²) in [7, 11) is 0. The first-order chi connectivity index (χ1) is 13.6. The van der Waals surface area contributed by atoms with Crippen LogP contribution in [0.2, 0.25) is 0 Å². The van der Waals surface area contributed by atoms with Crippen LogP contribution in [0, 0.1) is 0 Å². The fraction of sp³-hybridized carbons (Fsp3) is 0.185. The number of hydrogen-bond donors (Lipinski definition) is 0. The summed E-state index contributed by atoms with van der Waals surface area (Å²) >= 11 is 0. The second kappa shape index (κ2) is 5.48. The molecule has 1 heterocycles. The van der Waals surface area contributed by atoms with Gasteiger partial charge < -0.3 is 4.42 Å². The standard InChI is InChI=1S/C27H22O/c1-27(2)23-12-5-3-8-19(23)20-15-14-17(16-24(20)27)18-10-7-11-22-21-9-4-6-13-25(21)28-26(18)22/h3,5-8,10-16H,4,9H2,1-2H3. The third kappa shape index (κ3) is 2.02. The van der Waals surface area contributed by atoms with Gasteiger partial charge in [0.15, 0.2) is 0 Å². The molecule has 0 spiro atoms. The van der Waals surface area contributed by atoms with Gasteiger partial charge in [0.1, 0.15) is 11.3 Å². The highest BCUT2D eigenvalue weighted by Gasteiger charge is 2.35. The monoisotopic (exact) mass is 362 g/mol. The maximum absolute atomic E-state index is 6.32. The Bertz CT molecular complexity index is 1280. The van der Waals surface area contributed by atoms with Crippen LogP contribution in [0.15, 0.2) is 71.2 Å². The molecule has 0 saturated heterocycles. The first-order valence-electron chi connectivity index (χ1n) is 10.1. The summed E-state index contributed by atoms with van der Waals surface area (Å²) in [5.74, 6) is 1.03. The minimum absolute atomic E-state index is 0.0149. The normalized spacial score (nSPS) is 16.1. The van der Waals surface area contributed by atoms with Gasteiger partial charge in [-0.15, -0.1) is 0 Å². The van der Waals surface area contributed by atoms with Crippen LogP contribution in [0.25, 0.3) is 39.3 Å². The zero-order chi connectivity index (χ0) is 18.9. The first-order valence-corrected chi connectivity index (χ1v) is 10.1. The Morgan fingerprint density at radius 2 is 1.64 bits per heavy atom. The minimum Gasteiger partial charge on any atom is -0.456 e. The highest BCUT2D eigenvalue weighted by Crippen LogP contribution is 2.50. The smallest absolute Gasteiger partial charge is 0.142 e. The Hall–Kier alpha value is -3.06. The van der Waals surface area contributed by atoms with Gasteiger partial charge in [-0.2, -0.15) is 0 Å². The van der Waals surface area contributed by atoms with Crippen molar-refractivity contribution in [3.05, 3.63) is 89.2 Å². The van der Waals surface area contributed by atoms with Crippen LogP contribution < -0.4 is 0 Å². The van der Waals surface area contributed by atoms with Crippen molar-refractivity contribution in [2.75, 3.05) is 0 Å². The predicted octanol–water partition coefficient (Wildman–Crippen LogP) is 7.37. The number of aryl methyl sites for hydroxylation is 1. The lowest BCUT2D eigenvalue weighted by molar-refractivity contribution is 0.596. The Morgan fingerprint density at radius 1 is 0.821 bits per heavy atom. The molecule has 0 radical (unpaired) electrons. The third-order valence-corrected chi connectivity index (χ3v) is 6.57. The van der Waals surface area contributed by atoms with Crippen LogP contribution in [0.1, 0.15) is 42.7 Å². The molecule has 6 rings (SSSR count). The van der Waals surface area contributed by atoms with Crippen molar-refractivity contribution in [2.45, 2.75) is 32.1 Å². The molecule has 4 aromatic rings. The lowest BCUT2D eigenvalue weighted by Crippen LogP contribution is -2.14. The predicted molar refractivity (Wildman–Crippen MR) is 117 cm³/mol. The van der Waals surface area contributed by atoms with Gasteiger partial charge in [-0.25, -0.2) is 0 Å².